The fraction of sp³-hybridized carbons (Fsp3) is 0.500. The summed E-state index contributed by atoms with van der Waals surface area (Å²) in [6.07, 6.45) is 1.22. The highest BCUT2D eigenvalue weighted by atomic mass is 35.5. The van der Waals surface area contributed by atoms with Gasteiger partial charge in [0.25, 0.3) is 0 Å². The minimum atomic E-state index is -4.56. The van der Waals surface area contributed by atoms with Crippen LogP contribution < -0.4 is 5.32 Å². The van der Waals surface area contributed by atoms with Gasteiger partial charge in [-0.15, -0.1) is 0 Å². The van der Waals surface area contributed by atoms with E-state index in [1.165, 1.54) is 12.2 Å². The summed E-state index contributed by atoms with van der Waals surface area (Å²) in [5.41, 5.74) is 0.910. The second kappa shape index (κ2) is 11.9. The normalized spacial score (nSPS) is 18.8. The topological polar surface area (TPSA) is 55.4 Å². The number of hydrogen-bond donors (Lipinski definition) is 1. The Kier molecular flexibility index (Phi) is 9.85. The minimum absolute atomic E-state index is 0.192. The molecule has 1 N–H and O–H groups in total. The van der Waals surface area contributed by atoms with Gasteiger partial charge in [-0.25, -0.2) is 0 Å². The highest BCUT2D eigenvalue weighted by Crippen LogP contribution is 2.40. The molecule has 1 aromatic rings. The van der Waals surface area contributed by atoms with E-state index in [1.54, 1.807) is 31.2 Å². The molecule has 0 bridgehead atoms. The van der Waals surface area contributed by atoms with Gasteiger partial charge in [-0.2, -0.15) is 13.2 Å². The molecule has 0 fully saturated rings. The van der Waals surface area contributed by atoms with Crippen molar-refractivity contribution in [2.75, 3.05) is 11.9 Å². The molecule has 0 saturated heterocycles. The zero-order valence-electron chi connectivity index (χ0n) is 18.7. The van der Waals surface area contributed by atoms with Gasteiger partial charge in [0.1, 0.15) is 0 Å². The van der Waals surface area contributed by atoms with Crippen LogP contribution in [0.1, 0.15) is 39.2 Å². The zero-order chi connectivity index (χ0) is 24.8. The average Bonchev–Trinajstić information content (AvgIpc) is 2.75. The number of anilines is 1. The van der Waals surface area contributed by atoms with Gasteiger partial charge in [-0.05, 0) is 55.9 Å². The molecule has 0 saturated carbocycles. The van der Waals surface area contributed by atoms with Gasteiger partial charge in [0.05, 0.1) is 35.1 Å². The first-order valence-corrected chi connectivity index (χ1v) is 11.6. The standard InChI is InChI=1S/C24H28Cl2F3NO3/c1-4-16(23(32)33-5-2)12-15-6-11-19(26)20(13-15)30-22(31)21(14(3)24(27,28)29)17-7-9-18(25)10-8-17/h6-7,9-11,13-14,16-17,21H,4-5,8,12H2,1-3H3,(H,30,31)/t14-,16?,17?,21+/m1/s1. The first-order chi connectivity index (χ1) is 15.5. The van der Waals surface area contributed by atoms with Crippen LogP contribution in [0, 0.1) is 23.7 Å². The largest absolute Gasteiger partial charge is 0.466 e. The lowest BCUT2D eigenvalue weighted by Gasteiger charge is -2.31. The molecule has 0 spiro atoms. The van der Waals surface area contributed by atoms with Crippen LogP contribution in [0.15, 0.2) is 41.5 Å². The van der Waals surface area contributed by atoms with E-state index in [1.807, 2.05) is 6.92 Å². The van der Waals surface area contributed by atoms with Crippen molar-refractivity contribution in [2.45, 2.75) is 46.2 Å². The molecule has 33 heavy (non-hydrogen) atoms. The number of carbonyl (C=O) groups is 2. The molecule has 0 aromatic heterocycles. The van der Waals surface area contributed by atoms with Crippen LogP contribution in [-0.4, -0.2) is 24.7 Å². The third-order valence-corrected chi connectivity index (χ3v) is 6.40. The average molecular weight is 506 g/mol. The Hall–Kier alpha value is -1.99. The second-order valence-electron chi connectivity index (χ2n) is 8.07. The summed E-state index contributed by atoms with van der Waals surface area (Å²) < 4.78 is 45.8. The molecule has 1 amide bonds. The maximum atomic E-state index is 13.6. The van der Waals surface area contributed by atoms with E-state index in [9.17, 15) is 22.8 Å². The molecule has 0 heterocycles. The van der Waals surface area contributed by atoms with E-state index in [-0.39, 0.29) is 35.6 Å². The van der Waals surface area contributed by atoms with Crippen molar-refractivity contribution in [1.29, 1.82) is 0 Å². The lowest BCUT2D eigenvalue weighted by atomic mass is 9.78. The molecule has 0 radical (unpaired) electrons. The van der Waals surface area contributed by atoms with E-state index in [2.05, 4.69) is 5.32 Å². The Bertz CT molecular complexity index is 915. The Morgan fingerprint density at radius 2 is 1.94 bits per heavy atom. The highest BCUT2D eigenvalue weighted by Gasteiger charge is 2.46. The first-order valence-electron chi connectivity index (χ1n) is 10.8. The van der Waals surface area contributed by atoms with Crippen molar-refractivity contribution < 1.29 is 27.5 Å². The van der Waals surface area contributed by atoms with Gasteiger partial charge >= 0.3 is 12.1 Å². The second-order valence-corrected chi connectivity index (χ2v) is 8.91. The molecule has 2 unspecified atom stereocenters. The maximum Gasteiger partial charge on any atom is 0.392 e. The fourth-order valence-corrected chi connectivity index (χ4v) is 4.15. The summed E-state index contributed by atoms with van der Waals surface area (Å²) in [7, 11) is 0. The van der Waals surface area contributed by atoms with Crippen molar-refractivity contribution in [1.82, 2.24) is 0 Å². The summed E-state index contributed by atoms with van der Waals surface area (Å²) in [6.45, 7) is 4.86. The maximum absolute atomic E-state index is 13.6. The number of rotatable bonds is 9. The third-order valence-electron chi connectivity index (χ3n) is 5.79. The molecule has 0 aliphatic heterocycles. The Balaban J connectivity index is 2.27. The number of amides is 1. The van der Waals surface area contributed by atoms with Crippen LogP contribution in [0.25, 0.3) is 0 Å². The van der Waals surface area contributed by atoms with Gasteiger partial charge in [0.15, 0.2) is 0 Å². The molecule has 1 aromatic carbocycles. The summed E-state index contributed by atoms with van der Waals surface area (Å²) >= 11 is 12.1. The van der Waals surface area contributed by atoms with E-state index in [0.717, 1.165) is 6.92 Å². The zero-order valence-corrected chi connectivity index (χ0v) is 20.2. The molecule has 2 rings (SSSR count). The summed E-state index contributed by atoms with van der Waals surface area (Å²) in [5.74, 6) is -5.40. The predicted molar refractivity (Wildman–Crippen MR) is 124 cm³/mol. The summed E-state index contributed by atoms with van der Waals surface area (Å²) in [6, 6.07) is 4.85. The summed E-state index contributed by atoms with van der Waals surface area (Å²) in [4.78, 5) is 25.2. The minimum Gasteiger partial charge on any atom is -0.466 e. The number of hydrogen-bond acceptors (Lipinski definition) is 3. The number of halogens is 5. The molecule has 1 aliphatic carbocycles. The number of benzene rings is 1. The fourth-order valence-electron chi connectivity index (χ4n) is 3.82. The Labute approximate surface area is 202 Å². The number of ether oxygens (including phenoxy) is 1. The molecule has 9 heteroatoms. The number of nitrogens with one attached hydrogen (secondary N) is 1. The quantitative estimate of drug-likeness (QED) is 0.370. The summed E-state index contributed by atoms with van der Waals surface area (Å²) in [5, 5.41) is 3.20. The van der Waals surface area contributed by atoms with Crippen molar-refractivity contribution in [3.05, 3.63) is 52.0 Å². The van der Waals surface area contributed by atoms with Crippen molar-refractivity contribution >= 4 is 40.8 Å². The Morgan fingerprint density at radius 3 is 2.48 bits per heavy atom. The van der Waals surface area contributed by atoms with Gasteiger partial charge in [-0.1, -0.05) is 55.3 Å². The van der Waals surface area contributed by atoms with Crippen LogP contribution in [-0.2, 0) is 20.7 Å². The molecule has 4 nitrogen and oxygen atoms in total. The van der Waals surface area contributed by atoms with Gasteiger partial charge < -0.3 is 10.1 Å². The SMILES string of the molecule is CCOC(=O)C(CC)Cc1ccc(Cl)c(NC(=O)[C@H](C2C=CC(Cl)=CC2)[C@@H](C)C(F)(F)F)c1. The van der Waals surface area contributed by atoms with Crippen LogP contribution in [0.2, 0.25) is 5.02 Å². The Morgan fingerprint density at radius 1 is 1.24 bits per heavy atom. The first kappa shape index (κ1) is 27.3. The lowest BCUT2D eigenvalue weighted by molar-refractivity contribution is -0.188. The van der Waals surface area contributed by atoms with Crippen LogP contribution in [0.4, 0.5) is 18.9 Å². The number of alkyl halides is 3. The van der Waals surface area contributed by atoms with Gasteiger partial charge in [0, 0.05) is 5.03 Å². The van der Waals surface area contributed by atoms with Gasteiger partial charge in [-0.3, -0.25) is 9.59 Å². The van der Waals surface area contributed by atoms with Crippen LogP contribution in [0.3, 0.4) is 0 Å². The van der Waals surface area contributed by atoms with Crippen LogP contribution >= 0.6 is 23.2 Å². The van der Waals surface area contributed by atoms with E-state index in [0.29, 0.717) is 23.4 Å². The molecular formula is C24H28Cl2F3NO3. The van der Waals surface area contributed by atoms with Crippen molar-refractivity contribution in [2.24, 2.45) is 23.7 Å². The molecular weight excluding hydrogens is 478 g/mol. The smallest absolute Gasteiger partial charge is 0.392 e. The monoisotopic (exact) mass is 505 g/mol. The number of esters is 1. The van der Waals surface area contributed by atoms with Gasteiger partial charge in [0.2, 0.25) is 5.91 Å². The number of allylic oxidation sites excluding steroid dienone is 4. The van der Waals surface area contributed by atoms with E-state index < -0.39 is 29.8 Å². The molecule has 4 atom stereocenters. The van der Waals surface area contributed by atoms with E-state index >= 15 is 0 Å². The molecule has 1 aliphatic rings. The third kappa shape index (κ3) is 7.51. The van der Waals surface area contributed by atoms with Crippen molar-refractivity contribution in [3.8, 4) is 0 Å². The predicted octanol–water partition coefficient (Wildman–Crippen LogP) is 6.92. The molecule has 182 valence electrons. The number of carbonyl (C=O) groups excluding carboxylic acids is 2. The van der Waals surface area contributed by atoms with Crippen LogP contribution in [0.5, 0.6) is 0 Å². The van der Waals surface area contributed by atoms with Crippen molar-refractivity contribution in [3.63, 3.8) is 0 Å². The highest BCUT2D eigenvalue weighted by molar-refractivity contribution is 6.33. The lowest BCUT2D eigenvalue weighted by Crippen LogP contribution is -2.40. The van der Waals surface area contributed by atoms with E-state index in [4.69, 9.17) is 27.9 Å².